The van der Waals surface area contributed by atoms with E-state index in [4.69, 9.17) is 4.74 Å². The Balaban J connectivity index is 2.00. The van der Waals surface area contributed by atoms with Gasteiger partial charge in [-0.15, -0.1) is 0 Å². The molecular weight excluding hydrogens is 460 g/mol. The van der Waals surface area contributed by atoms with Crippen molar-refractivity contribution in [3.63, 3.8) is 0 Å². The summed E-state index contributed by atoms with van der Waals surface area (Å²) in [6.07, 6.45) is 0.505. The molecule has 2 aromatic rings. The number of benzene rings is 2. The molecule has 0 bridgehead atoms. The Hall–Kier alpha value is -2.62. The van der Waals surface area contributed by atoms with Gasteiger partial charge in [0.05, 0.1) is 12.2 Å². The highest BCUT2D eigenvalue weighted by Gasteiger charge is 2.20. The fourth-order valence-corrected chi connectivity index (χ4v) is 2.70. The van der Waals surface area contributed by atoms with Crippen LogP contribution in [0.2, 0.25) is 0 Å². The van der Waals surface area contributed by atoms with E-state index < -0.39 is 53.9 Å². The van der Waals surface area contributed by atoms with Crippen molar-refractivity contribution in [2.24, 2.45) is 0 Å². The van der Waals surface area contributed by atoms with E-state index >= 15 is 0 Å². The van der Waals surface area contributed by atoms with E-state index in [0.29, 0.717) is 17.0 Å². The third-order valence-corrected chi connectivity index (χ3v) is 4.23. The summed E-state index contributed by atoms with van der Waals surface area (Å²) in [5.41, 5.74) is -0.550. The van der Waals surface area contributed by atoms with Gasteiger partial charge < -0.3 is 15.0 Å². The van der Waals surface area contributed by atoms with Crippen LogP contribution >= 0.6 is 15.9 Å². The monoisotopic (exact) mass is 476 g/mol. The predicted octanol–water partition coefficient (Wildman–Crippen LogP) is 4.26. The molecule has 0 aromatic heterocycles. The molecule has 0 aliphatic rings. The van der Waals surface area contributed by atoms with Crippen LogP contribution in [-0.4, -0.2) is 36.4 Å². The fraction of sp³-hybridized carbons (Fsp3) is 0.263. The zero-order valence-corrected chi connectivity index (χ0v) is 16.9. The van der Waals surface area contributed by atoms with Crippen LogP contribution in [0.1, 0.15) is 13.3 Å². The molecule has 0 aliphatic heterocycles. The minimum absolute atomic E-state index is 0.133. The lowest BCUT2D eigenvalue weighted by Crippen LogP contribution is -2.41. The maximum atomic E-state index is 13.8. The number of amides is 2. The van der Waals surface area contributed by atoms with Crippen molar-refractivity contribution < 1.29 is 31.9 Å². The summed E-state index contributed by atoms with van der Waals surface area (Å²) >= 11 is 3.10. The van der Waals surface area contributed by atoms with Gasteiger partial charge in [-0.3, -0.25) is 9.59 Å². The predicted molar refractivity (Wildman–Crippen MR) is 101 cm³/mol. The number of hydrogen-bond acceptors (Lipinski definition) is 3. The SMILES string of the molecule is CCCN(CC(=O)Nc1ccc(F)c(F)c1F)C(=O)COc1ccc(Br)cc1F. The maximum absolute atomic E-state index is 13.8. The first-order chi connectivity index (χ1) is 13.7. The number of ether oxygens (including phenoxy) is 1. The van der Waals surface area contributed by atoms with Gasteiger partial charge in [-0.05, 0) is 36.8 Å². The molecule has 0 atom stereocenters. The smallest absolute Gasteiger partial charge is 0.260 e. The Labute approximate surface area is 172 Å². The minimum Gasteiger partial charge on any atom is -0.481 e. The molecule has 0 aliphatic carbocycles. The van der Waals surface area contributed by atoms with Crippen LogP contribution in [0.4, 0.5) is 23.2 Å². The summed E-state index contributed by atoms with van der Waals surface area (Å²) in [5, 5.41) is 2.09. The zero-order chi connectivity index (χ0) is 21.6. The Kier molecular flexibility index (Phi) is 8.00. The van der Waals surface area contributed by atoms with E-state index in [1.54, 1.807) is 6.92 Å². The number of carbonyl (C=O) groups excluding carboxylic acids is 2. The molecule has 0 saturated heterocycles. The van der Waals surface area contributed by atoms with E-state index in [9.17, 15) is 27.2 Å². The molecule has 0 heterocycles. The van der Waals surface area contributed by atoms with E-state index in [0.717, 1.165) is 11.0 Å². The number of halogens is 5. The van der Waals surface area contributed by atoms with Crippen molar-refractivity contribution >= 4 is 33.4 Å². The largest absolute Gasteiger partial charge is 0.481 e. The Bertz CT molecular complexity index is 911. The standard InChI is InChI=1S/C19H17BrF4N2O3/c1-2-7-26(17(28)10-29-15-6-3-11(20)8-13(15)22)9-16(27)25-14-5-4-12(21)18(23)19(14)24/h3-6,8H,2,7,9-10H2,1H3,(H,25,27). The van der Waals surface area contributed by atoms with Gasteiger partial charge in [-0.25, -0.2) is 17.6 Å². The highest BCUT2D eigenvalue weighted by Crippen LogP contribution is 2.22. The molecule has 0 spiro atoms. The highest BCUT2D eigenvalue weighted by atomic mass is 79.9. The molecule has 29 heavy (non-hydrogen) atoms. The van der Waals surface area contributed by atoms with Crippen LogP contribution in [0, 0.1) is 23.3 Å². The van der Waals surface area contributed by atoms with Gasteiger partial charge in [0.15, 0.2) is 35.6 Å². The number of rotatable bonds is 8. The second kappa shape index (κ2) is 10.2. The summed E-state index contributed by atoms with van der Waals surface area (Å²) in [4.78, 5) is 25.6. The van der Waals surface area contributed by atoms with Crippen LogP contribution in [0.25, 0.3) is 0 Å². The summed E-state index contributed by atoms with van der Waals surface area (Å²) in [5.74, 6) is -6.86. The summed E-state index contributed by atoms with van der Waals surface area (Å²) in [7, 11) is 0. The minimum atomic E-state index is -1.71. The van der Waals surface area contributed by atoms with Crippen LogP contribution in [0.5, 0.6) is 5.75 Å². The molecule has 1 N–H and O–H groups in total. The van der Waals surface area contributed by atoms with Crippen LogP contribution in [-0.2, 0) is 9.59 Å². The second-order valence-corrected chi connectivity index (χ2v) is 6.87. The normalized spacial score (nSPS) is 10.6. The first-order valence-electron chi connectivity index (χ1n) is 8.51. The first-order valence-corrected chi connectivity index (χ1v) is 9.31. The molecule has 0 fully saturated rings. The topological polar surface area (TPSA) is 58.6 Å². The van der Waals surface area contributed by atoms with E-state index in [-0.39, 0.29) is 12.3 Å². The van der Waals surface area contributed by atoms with Crippen molar-refractivity contribution in [1.82, 2.24) is 4.90 Å². The van der Waals surface area contributed by atoms with Gasteiger partial charge in [0.25, 0.3) is 5.91 Å². The Morgan fingerprint density at radius 1 is 1.07 bits per heavy atom. The average molecular weight is 477 g/mol. The van der Waals surface area contributed by atoms with Gasteiger partial charge in [-0.2, -0.15) is 0 Å². The Morgan fingerprint density at radius 3 is 2.45 bits per heavy atom. The molecular formula is C19H17BrF4N2O3. The molecule has 0 saturated carbocycles. The van der Waals surface area contributed by atoms with Gasteiger partial charge >= 0.3 is 0 Å². The number of hydrogen-bond donors (Lipinski definition) is 1. The summed E-state index contributed by atoms with van der Waals surface area (Å²) in [6.45, 7) is 0.948. The second-order valence-electron chi connectivity index (χ2n) is 5.95. The maximum Gasteiger partial charge on any atom is 0.260 e. The lowest BCUT2D eigenvalue weighted by molar-refractivity contribution is -0.136. The van der Waals surface area contributed by atoms with Crippen molar-refractivity contribution in [3.05, 3.63) is 58.1 Å². The average Bonchev–Trinajstić information content (AvgIpc) is 2.67. The number of anilines is 1. The lowest BCUT2D eigenvalue weighted by Gasteiger charge is -2.22. The van der Waals surface area contributed by atoms with E-state index in [1.165, 1.54) is 18.2 Å². The molecule has 2 aromatic carbocycles. The summed E-state index contributed by atoms with van der Waals surface area (Å²) < 4.78 is 59.3. The third-order valence-electron chi connectivity index (χ3n) is 3.74. The van der Waals surface area contributed by atoms with Crippen molar-refractivity contribution in [2.45, 2.75) is 13.3 Å². The zero-order valence-electron chi connectivity index (χ0n) is 15.3. The van der Waals surface area contributed by atoms with E-state index in [2.05, 4.69) is 21.2 Å². The number of nitrogens with zero attached hydrogens (tertiary/aromatic N) is 1. The lowest BCUT2D eigenvalue weighted by atomic mass is 10.2. The molecule has 2 rings (SSSR count). The van der Waals surface area contributed by atoms with E-state index in [1.807, 2.05) is 0 Å². The van der Waals surface area contributed by atoms with Crippen molar-refractivity contribution in [1.29, 1.82) is 0 Å². The van der Waals surface area contributed by atoms with Gasteiger partial charge in [0, 0.05) is 11.0 Å². The van der Waals surface area contributed by atoms with Crippen molar-refractivity contribution in [3.8, 4) is 5.75 Å². The molecule has 5 nitrogen and oxygen atoms in total. The number of nitrogens with one attached hydrogen (secondary N) is 1. The van der Waals surface area contributed by atoms with Crippen LogP contribution < -0.4 is 10.1 Å². The quantitative estimate of drug-likeness (QED) is 0.457. The van der Waals surface area contributed by atoms with Crippen LogP contribution in [0.3, 0.4) is 0 Å². The molecule has 2 amide bonds. The van der Waals surface area contributed by atoms with Gasteiger partial charge in [0.1, 0.15) is 0 Å². The third kappa shape index (κ3) is 6.18. The number of carbonyl (C=O) groups is 2. The highest BCUT2D eigenvalue weighted by molar-refractivity contribution is 9.10. The molecule has 156 valence electrons. The van der Waals surface area contributed by atoms with Gasteiger partial charge in [-0.1, -0.05) is 22.9 Å². The fourth-order valence-electron chi connectivity index (χ4n) is 2.37. The molecule has 0 unspecified atom stereocenters. The molecule has 10 heteroatoms. The molecule has 0 radical (unpaired) electrons. The van der Waals surface area contributed by atoms with Gasteiger partial charge in [0.2, 0.25) is 5.91 Å². The Morgan fingerprint density at radius 2 is 1.79 bits per heavy atom. The van der Waals surface area contributed by atoms with Crippen LogP contribution in [0.15, 0.2) is 34.8 Å². The van der Waals surface area contributed by atoms with Crippen molar-refractivity contribution in [2.75, 3.05) is 25.0 Å². The summed E-state index contributed by atoms with van der Waals surface area (Å²) in [6, 6.07) is 5.60. The first kappa shape index (κ1) is 22.7.